The second-order valence-corrected chi connectivity index (χ2v) is 14.0. The van der Waals surface area contributed by atoms with Crippen molar-refractivity contribution in [2.75, 3.05) is 0 Å². The van der Waals surface area contributed by atoms with E-state index in [0.29, 0.717) is 14.7 Å². The highest BCUT2D eigenvalue weighted by Gasteiger charge is 2.48. The zero-order valence-corrected chi connectivity index (χ0v) is 22.2. The summed E-state index contributed by atoms with van der Waals surface area (Å²) in [7, 11) is -7.60. The van der Waals surface area contributed by atoms with Crippen LogP contribution in [-0.4, -0.2) is 8.76 Å². The van der Waals surface area contributed by atoms with Gasteiger partial charge in [-0.1, -0.05) is 81.4 Å². The average Bonchev–Trinajstić information content (AvgIpc) is 2.87. The van der Waals surface area contributed by atoms with Crippen molar-refractivity contribution in [2.24, 2.45) is 0 Å². The first-order chi connectivity index (χ1) is 17.4. The van der Waals surface area contributed by atoms with Crippen LogP contribution in [-0.2, 0) is 25.0 Å². The summed E-state index contributed by atoms with van der Waals surface area (Å²) in [6.07, 6.45) is -4.84. The monoisotopic (exact) mass is 545 g/mol. The first-order valence-electron chi connectivity index (χ1n) is 11.5. The molecule has 37 heavy (non-hydrogen) atoms. The van der Waals surface area contributed by atoms with E-state index in [1.165, 1.54) is 12.1 Å². The van der Waals surface area contributed by atoms with Crippen LogP contribution < -0.4 is 0 Å². The molecular formula is C29H28F3O3S2+. The molecule has 4 aromatic carbocycles. The summed E-state index contributed by atoms with van der Waals surface area (Å²) in [5.74, 6) is 0. The first-order valence-corrected chi connectivity index (χ1v) is 14.5. The molecule has 0 aromatic heterocycles. The van der Waals surface area contributed by atoms with Crippen molar-refractivity contribution < 1.29 is 25.2 Å². The van der Waals surface area contributed by atoms with Gasteiger partial charge < -0.3 is 0 Å². The summed E-state index contributed by atoms with van der Waals surface area (Å²) >= 11 is 0. The van der Waals surface area contributed by atoms with Gasteiger partial charge in [0.1, 0.15) is 0 Å². The molecule has 0 amide bonds. The molecule has 3 nitrogen and oxygen atoms in total. The third-order valence-electron chi connectivity index (χ3n) is 5.87. The smallest absolute Gasteiger partial charge is 0.241 e. The zero-order valence-electron chi connectivity index (χ0n) is 20.6. The summed E-state index contributed by atoms with van der Waals surface area (Å²) in [5, 5.41) is 0. The fourth-order valence-corrected chi connectivity index (χ4v) is 9.47. The van der Waals surface area contributed by atoms with E-state index >= 15 is 0 Å². The van der Waals surface area contributed by atoms with Gasteiger partial charge in [0.25, 0.3) is 0 Å². The van der Waals surface area contributed by atoms with Crippen LogP contribution in [0.4, 0.5) is 13.2 Å². The van der Waals surface area contributed by atoms with Crippen LogP contribution >= 0.6 is 10.3 Å². The molecule has 1 atom stereocenters. The van der Waals surface area contributed by atoms with Crippen molar-refractivity contribution in [3.05, 3.63) is 120 Å². The van der Waals surface area contributed by atoms with Crippen LogP contribution in [0.1, 0.15) is 31.9 Å². The SMILES string of the molecule is CC(C)(C)c1ccc(S([O+]=S(=O)(O)c2ccccc2C(F)(F)F)(c2ccccc2)c2ccccc2)cc1. The van der Waals surface area contributed by atoms with Gasteiger partial charge in [-0.2, -0.15) is 13.2 Å². The number of hydrogen-bond donors (Lipinski definition) is 1. The van der Waals surface area contributed by atoms with Crippen LogP contribution in [0.5, 0.6) is 0 Å². The highest BCUT2D eigenvalue weighted by atomic mass is 32.3. The molecule has 0 bridgehead atoms. The maximum Gasteiger partial charge on any atom is 0.455 e. The highest BCUT2D eigenvalue weighted by Crippen LogP contribution is 2.68. The maximum atomic E-state index is 13.9. The third-order valence-corrected chi connectivity index (χ3v) is 11.1. The molecule has 0 saturated carbocycles. The minimum Gasteiger partial charge on any atom is -0.241 e. The van der Waals surface area contributed by atoms with E-state index in [9.17, 15) is 21.9 Å². The summed E-state index contributed by atoms with van der Waals surface area (Å²) < 4.78 is 72.9. The van der Waals surface area contributed by atoms with Crippen molar-refractivity contribution in [2.45, 2.75) is 51.9 Å². The summed E-state index contributed by atoms with van der Waals surface area (Å²) in [5.41, 5.74) is -0.314. The molecule has 4 rings (SSSR count). The van der Waals surface area contributed by atoms with Crippen molar-refractivity contribution in [3.63, 3.8) is 0 Å². The Labute approximate surface area is 217 Å². The number of rotatable bonds is 5. The third kappa shape index (κ3) is 5.46. The van der Waals surface area contributed by atoms with Gasteiger partial charge in [0.15, 0.2) is 15.2 Å². The summed E-state index contributed by atoms with van der Waals surface area (Å²) in [6, 6.07) is 29.6. The van der Waals surface area contributed by atoms with Crippen LogP contribution in [0.25, 0.3) is 0 Å². The lowest BCUT2D eigenvalue weighted by Gasteiger charge is -2.27. The second kappa shape index (κ2) is 10.0. The molecule has 1 N–H and O–H groups in total. The molecule has 0 aliphatic rings. The fraction of sp³-hybridized carbons (Fsp3) is 0.172. The second-order valence-electron chi connectivity index (χ2n) is 9.49. The first kappa shape index (κ1) is 27.0. The Morgan fingerprint density at radius 1 is 0.649 bits per heavy atom. The molecule has 0 saturated heterocycles. The van der Waals surface area contributed by atoms with Gasteiger partial charge in [-0.15, -0.1) is 7.49 Å². The lowest BCUT2D eigenvalue weighted by atomic mass is 9.87. The predicted octanol–water partition coefficient (Wildman–Crippen LogP) is 8.90. The Kier molecular flexibility index (Phi) is 7.29. The molecule has 0 fully saturated rings. The normalized spacial score (nSPS) is 14.6. The van der Waals surface area contributed by atoms with Crippen LogP contribution in [0.3, 0.4) is 0 Å². The Balaban J connectivity index is 2.13. The van der Waals surface area contributed by atoms with Gasteiger partial charge in [-0.05, 0) is 59.5 Å². The predicted molar refractivity (Wildman–Crippen MR) is 142 cm³/mol. The molecular weight excluding hydrogens is 517 g/mol. The van der Waals surface area contributed by atoms with Crippen LogP contribution in [0.2, 0.25) is 0 Å². The van der Waals surface area contributed by atoms with Gasteiger partial charge in [0, 0.05) is 0 Å². The molecule has 0 heterocycles. The standard InChI is InChI=1S/C29H27F3O3S2/c1-28(2,3)22-18-20-25(21-19-22)36(23-12-6-4-7-13-23,24-14-8-5-9-15-24)35-37(33,34)27-17-11-10-16-26(27)29(30,31)32/h4-21H,1-3H3/p+1. The quantitative estimate of drug-likeness (QED) is 0.201. The van der Waals surface area contributed by atoms with E-state index in [2.05, 4.69) is 20.8 Å². The Morgan fingerprint density at radius 3 is 1.54 bits per heavy atom. The molecule has 194 valence electrons. The molecule has 8 heteroatoms. The highest BCUT2D eigenvalue weighted by molar-refractivity contribution is 8.30. The van der Waals surface area contributed by atoms with E-state index in [0.717, 1.165) is 17.7 Å². The molecule has 0 aliphatic heterocycles. The molecule has 0 spiro atoms. The zero-order chi connectivity index (χ0) is 26.9. The van der Waals surface area contributed by atoms with Crippen LogP contribution in [0, 0.1) is 0 Å². The topological polar surface area (TPSA) is 48.6 Å². The minimum absolute atomic E-state index is 0.146. The fourth-order valence-electron chi connectivity index (χ4n) is 4.00. The minimum atomic E-state index is -4.84. The van der Waals surface area contributed by atoms with Crippen molar-refractivity contribution >= 4 is 20.4 Å². The Hall–Kier alpha value is -3.07. The maximum absolute atomic E-state index is 13.9. The Bertz CT molecular complexity index is 1450. The number of hydrogen-bond acceptors (Lipinski definition) is 1. The number of alkyl halides is 3. The van der Waals surface area contributed by atoms with E-state index in [-0.39, 0.29) is 5.41 Å². The molecule has 1 unspecified atom stereocenters. The van der Waals surface area contributed by atoms with Crippen LogP contribution in [0.15, 0.2) is 129 Å². The van der Waals surface area contributed by atoms with Gasteiger partial charge in [-0.25, -0.2) is 4.55 Å². The van der Waals surface area contributed by atoms with Gasteiger partial charge in [-0.3, -0.25) is 0 Å². The summed E-state index contributed by atoms with van der Waals surface area (Å²) in [6.45, 7) is 6.21. The van der Waals surface area contributed by atoms with E-state index < -0.39 is 37.1 Å². The number of benzene rings is 4. The van der Waals surface area contributed by atoms with E-state index in [1.54, 1.807) is 60.7 Å². The van der Waals surface area contributed by atoms with E-state index in [1.807, 2.05) is 24.3 Å². The number of halogens is 3. The van der Waals surface area contributed by atoms with Gasteiger partial charge in [0.05, 0.1) is 20.2 Å². The van der Waals surface area contributed by atoms with Gasteiger partial charge in [0.2, 0.25) is 0 Å². The van der Waals surface area contributed by atoms with E-state index in [4.69, 9.17) is 3.29 Å². The van der Waals surface area contributed by atoms with Crippen molar-refractivity contribution in [1.29, 1.82) is 0 Å². The largest absolute Gasteiger partial charge is 0.455 e. The summed E-state index contributed by atoms with van der Waals surface area (Å²) in [4.78, 5) is 0.939. The molecule has 4 aromatic rings. The lowest BCUT2D eigenvalue weighted by molar-refractivity contribution is -0.140. The Morgan fingerprint density at radius 2 is 1.08 bits per heavy atom. The average molecular weight is 546 g/mol. The van der Waals surface area contributed by atoms with Crippen molar-refractivity contribution in [3.8, 4) is 0 Å². The molecule has 0 radical (unpaired) electrons. The lowest BCUT2D eigenvalue weighted by Crippen LogP contribution is -2.16. The van der Waals surface area contributed by atoms with Gasteiger partial charge >= 0.3 is 16.3 Å². The molecule has 0 aliphatic carbocycles. The van der Waals surface area contributed by atoms with Crippen molar-refractivity contribution in [1.82, 2.24) is 0 Å².